The molecule has 0 radical (unpaired) electrons. The van der Waals surface area contributed by atoms with Gasteiger partial charge in [0.15, 0.2) is 0 Å². The number of rotatable bonds is 8. The maximum Gasteiger partial charge on any atom is 0.0900 e. The van der Waals surface area contributed by atoms with Crippen LogP contribution in [-0.2, 0) is 17.9 Å². The van der Waals surface area contributed by atoms with Gasteiger partial charge in [-0.1, -0.05) is 12.5 Å². The van der Waals surface area contributed by atoms with Gasteiger partial charge in [0.1, 0.15) is 0 Å². The molecule has 1 fully saturated rings. The average Bonchev–Trinajstić information content (AvgIpc) is 3.21. The number of β-amino-alcohol motifs (C(OH)–C–C–N with tert-alkyl or cyclic N) is 1. The van der Waals surface area contributed by atoms with Crippen LogP contribution in [0.4, 0.5) is 0 Å². The lowest BCUT2D eigenvalue weighted by Crippen LogP contribution is -2.46. The zero-order valence-electron chi connectivity index (χ0n) is 14.3. The molecule has 0 spiro atoms. The Hall–Kier alpha value is -1.21. The lowest BCUT2D eigenvalue weighted by atomic mass is 10.0. The molecule has 132 valence electrons. The third kappa shape index (κ3) is 5.14. The van der Waals surface area contributed by atoms with Gasteiger partial charge < -0.3 is 9.84 Å². The number of aryl methyl sites for hydroxylation is 1. The molecule has 2 atom stereocenters. The monoisotopic (exact) mass is 349 g/mol. The van der Waals surface area contributed by atoms with Gasteiger partial charge in [-0.3, -0.25) is 9.58 Å². The van der Waals surface area contributed by atoms with Gasteiger partial charge in [0.25, 0.3) is 0 Å². The summed E-state index contributed by atoms with van der Waals surface area (Å²) in [6, 6.07) is 4.53. The molecule has 0 aliphatic carbocycles. The number of aromatic nitrogens is 2. The Labute approximate surface area is 147 Å². The number of likely N-dealkylation sites (tertiary alicyclic amines) is 1. The Morgan fingerprint density at radius 2 is 2.38 bits per heavy atom. The van der Waals surface area contributed by atoms with E-state index >= 15 is 0 Å². The van der Waals surface area contributed by atoms with Crippen LogP contribution in [0.15, 0.2) is 29.9 Å². The quantitative estimate of drug-likeness (QED) is 0.796. The molecule has 1 aliphatic rings. The standard InChI is InChI=1S/C18H27N3O2S/c1-15-9-19-21(10-15)11-16-5-2-3-7-20(16)12-17(22)13-23-14-18-6-4-8-24-18/h4,6,8-10,16-17,22H,2-3,5,7,11-14H2,1H3/t16-,17+/m1/s1. The smallest absolute Gasteiger partial charge is 0.0900 e. The van der Waals surface area contributed by atoms with Crippen molar-refractivity contribution in [2.45, 2.75) is 51.5 Å². The molecule has 0 bridgehead atoms. The topological polar surface area (TPSA) is 50.5 Å². The summed E-state index contributed by atoms with van der Waals surface area (Å²) in [5, 5.41) is 16.8. The van der Waals surface area contributed by atoms with Crippen LogP contribution in [0.2, 0.25) is 0 Å². The molecule has 0 unspecified atom stereocenters. The average molecular weight is 350 g/mol. The van der Waals surface area contributed by atoms with Crippen LogP contribution in [0.3, 0.4) is 0 Å². The van der Waals surface area contributed by atoms with Gasteiger partial charge in [-0.05, 0) is 43.3 Å². The number of hydrogen-bond donors (Lipinski definition) is 1. The predicted octanol–water partition coefficient (Wildman–Crippen LogP) is 2.69. The summed E-state index contributed by atoms with van der Waals surface area (Å²) in [4.78, 5) is 3.60. The minimum atomic E-state index is -0.440. The van der Waals surface area contributed by atoms with E-state index in [2.05, 4.69) is 29.2 Å². The van der Waals surface area contributed by atoms with Crippen molar-refractivity contribution in [3.63, 3.8) is 0 Å². The molecule has 3 rings (SSSR count). The van der Waals surface area contributed by atoms with E-state index in [9.17, 15) is 5.11 Å². The van der Waals surface area contributed by atoms with E-state index in [0.717, 1.165) is 13.1 Å². The van der Waals surface area contributed by atoms with E-state index in [-0.39, 0.29) is 0 Å². The number of hydrogen-bond acceptors (Lipinski definition) is 5. The summed E-state index contributed by atoms with van der Waals surface area (Å²) in [5.74, 6) is 0. The maximum atomic E-state index is 10.3. The summed E-state index contributed by atoms with van der Waals surface area (Å²) in [7, 11) is 0. The zero-order valence-corrected chi connectivity index (χ0v) is 15.1. The fraction of sp³-hybridized carbons (Fsp3) is 0.611. The molecule has 6 heteroatoms. The van der Waals surface area contributed by atoms with E-state index < -0.39 is 6.10 Å². The second-order valence-corrected chi connectivity index (χ2v) is 7.66. The zero-order chi connectivity index (χ0) is 16.8. The molecule has 1 aliphatic heterocycles. The largest absolute Gasteiger partial charge is 0.389 e. The number of ether oxygens (including phenoxy) is 1. The Kier molecular flexibility index (Phi) is 6.43. The van der Waals surface area contributed by atoms with Gasteiger partial charge in [-0.25, -0.2) is 0 Å². The van der Waals surface area contributed by atoms with E-state index in [0.29, 0.717) is 25.8 Å². The fourth-order valence-corrected chi connectivity index (χ4v) is 3.94. The minimum Gasteiger partial charge on any atom is -0.389 e. The van der Waals surface area contributed by atoms with E-state index in [1.807, 2.05) is 22.3 Å². The number of thiophene rings is 1. The van der Waals surface area contributed by atoms with Crippen molar-refractivity contribution in [2.75, 3.05) is 19.7 Å². The highest BCUT2D eigenvalue weighted by Crippen LogP contribution is 2.19. The number of aliphatic hydroxyl groups excluding tert-OH is 1. The Morgan fingerprint density at radius 3 is 3.12 bits per heavy atom. The van der Waals surface area contributed by atoms with Gasteiger partial charge in [-0.2, -0.15) is 5.10 Å². The van der Waals surface area contributed by atoms with E-state index in [4.69, 9.17) is 4.74 Å². The highest BCUT2D eigenvalue weighted by molar-refractivity contribution is 7.09. The minimum absolute atomic E-state index is 0.391. The van der Waals surface area contributed by atoms with Crippen LogP contribution < -0.4 is 0 Å². The summed E-state index contributed by atoms with van der Waals surface area (Å²) >= 11 is 1.69. The van der Waals surface area contributed by atoms with Gasteiger partial charge in [0.2, 0.25) is 0 Å². The van der Waals surface area contributed by atoms with Gasteiger partial charge in [-0.15, -0.1) is 11.3 Å². The normalized spacial score (nSPS) is 20.3. The first-order valence-corrected chi connectivity index (χ1v) is 9.60. The SMILES string of the molecule is Cc1cnn(C[C@H]2CCCCN2C[C@H](O)COCc2cccs2)c1. The van der Waals surface area contributed by atoms with Crippen molar-refractivity contribution in [1.82, 2.24) is 14.7 Å². The van der Waals surface area contributed by atoms with Gasteiger partial charge in [0.05, 0.1) is 32.1 Å². The molecule has 0 aromatic carbocycles. The molecule has 0 saturated carbocycles. The Balaban J connectivity index is 1.45. The molecule has 5 nitrogen and oxygen atoms in total. The van der Waals surface area contributed by atoms with Crippen LogP contribution in [0.25, 0.3) is 0 Å². The lowest BCUT2D eigenvalue weighted by molar-refractivity contribution is -0.00511. The van der Waals surface area contributed by atoms with Crippen molar-refractivity contribution >= 4 is 11.3 Å². The lowest BCUT2D eigenvalue weighted by Gasteiger charge is -2.36. The van der Waals surface area contributed by atoms with E-state index in [1.54, 1.807) is 11.3 Å². The summed E-state index contributed by atoms with van der Waals surface area (Å²) in [5.41, 5.74) is 1.19. The number of aliphatic hydroxyl groups is 1. The van der Waals surface area contributed by atoms with Crippen molar-refractivity contribution < 1.29 is 9.84 Å². The Bertz CT molecular complexity index is 599. The van der Waals surface area contributed by atoms with Crippen LogP contribution >= 0.6 is 11.3 Å². The second kappa shape index (κ2) is 8.76. The molecule has 1 N–H and O–H groups in total. The molecule has 2 aromatic rings. The second-order valence-electron chi connectivity index (χ2n) is 6.63. The summed E-state index contributed by atoms with van der Waals surface area (Å²) in [6.45, 7) is 5.67. The Morgan fingerprint density at radius 1 is 1.46 bits per heavy atom. The molecular formula is C18H27N3O2S. The molecule has 3 heterocycles. The third-order valence-corrected chi connectivity index (χ3v) is 5.34. The van der Waals surface area contributed by atoms with Crippen LogP contribution in [0.5, 0.6) is 0 Å². The fourth-order valence-electron chi connectivity index (χ4n) is 3.30. The first kappa shape index (κ1) is 17.6. The van der Waals surface area contributed by atoms with Crippen molar-refractivity contribution in [2.24, 2.45) is 0 Å². The molecule has 24 heavy (non-hydrogen) atoms. The van der Waals surface area contributed by atoms with Crippen molar-refractivity contribution in [3.05, 3.63) is 40.3 Å². The van der Waals surface area contributed by atoms with Crippen molar-refractivity contribution in [1.29, 1.82) is 0 Å². The first-order valence-electron chi connectivity index (χ1n) is 8.72. The van der Waals surface area contributed by atoms with Crippen molar-refractivity contribution in [3.8, 4) is 0 Å². The molecule has 1 saturated heterocycles. The molecule has 2 aromatic heterocycles. The van der Waals surface area contributed by atoms with Gasteiger partial charge >= 0.3 is 0 Å². The predicted molar refractivity (Wildman–Crippen MR) is 96.2 cm³/mol. The van der Waals surface area contributed by atoms with Gasteiger partial charge in [0, 0.05) is 23.7 Å². The van der Waals surface area contributed by atoms with E-state index in [1.165, 1.54) is 29.7 Å². The number of piperidine rings is 1. The highest BCUT2D eigenvalue weighted by Gasteiger charge is 2.25. The third-order valence-electron chi connectivity index (χ3n) is 4.49. The van der Waals surface area contributed by atoms with Crippen LogP contribution in [0.1, 0.15) is 29.7 Å². The molecular weight excluding hydrogens is 322 g/mol. The first-order chi connectivity index (χ1) is 11.7. The number of nitrogens with zero attached hydrogens (tertiary/aromatic N) is 3. The molecule has 0 amide bonds. The highest BCUT2D eigenvalue weighted by atomic mass is 32.1. The summed E-state index contributed by atoms with van der Waals surface area (Å²) in [6.07, 6.45) is 7.18. The van der Waals surface area contributed by atoms with Crippen LogP contribution in [-0.4, -0.2) is 51.6 Å². The van der Waals surface area contributed by atoms with Crippen LogP contribution in [0, 0.1) is 6.92 Å². The summed E-state index contributed by atoms with van der Waals surface area (Å²) < 4.78 is 7.68. The maximum absolute atomic E-state index is 10.3.